The zero-order valence-electron chi connectivity index (χ0n) is 17.1. The number of ether oxygens (including phenoxy) is 2. The molecule has 4 heterocycles. The Labute approximate surface area is 176 Å². The zero-order chi connectivity index (χ0) is 20.2. The van der Waals surface area contributed by atoms with Crippen LogP contribution in [-0.2, 0) is 11.3 Å². The van der Waals surface area contributed by atoms with Crippen LogP contribution in [0, 0.1) is 0 Å². The fraction of sp³-hybridized carbons (Fsp3) is 0.435. The molecular formula is C23H27N5O2. The number of aromatic nitrogens is 3. The van der Waals surface area contributed by atoms with Gasteiger partial charge in [0.2, 0.25) is 5.88 Å². The lowest BCUT2D eigenvalue weighted by Gasteiger charge is -2.29. The molecule has 2 saturated heterocycles. The van der Waals surface area contributed by atoms with Gasteiger partial charge in [-0.25, -0.2) is 15.0 Å². The Morgan fingerprint density at radius 3 is 2.70 bits per heavy atom. The van der Waals surface area contributed by atoms with Gasteiger partial charge in [0.15, 0.2) is 11.6 Å². The van der Waals surface area contributed by atoms with Crippen molar-refractivity contribution in [2.24, 2.45) is 0 Å². The van der Waals surface area contributed by atoms with Gasteiger partial charge < -0.3 is 19.7 Å². The van der Waals surface area contributed by atoms with E-state index in [1.165, 1.54) is 19.3 Å². The molecule has 1 unspecified atom stereocenters. The smallest absolute Gasteiger partial charge is 0.213 e. The second kappa shape index (κ2) is 8.83. The van der Waals surface area contributed by atoms with Crippen LogP contribution in [-0.4, -0.2) is 47.4 Å². The highest BCUT2D eigenvalue weighted by Crippen LogP contribution is 2.28. The number of hydrogen-bond donors (Lipinski definition) is 1. The molecule has 0 bridgehead atoms. The number of hydrogen-bond acceptors (Lipinski definition) is 7. The summed E-state index contributed by atoms with van der Waals surface area (Å²) in [6, 6.07) is 12.0. The molecule has 2 aliphatic heterocycles. The molecular weight excluding hydrogens is 378 g/mol. The molecule has 30 heavy (non-hydrogen) atoms. The van der Waals surface area contributed by atoms with Crippen LogP contribution in [0.4, 0.5) is 11.6 Å². The maximum atomic E-state index is 5.94. The van der Waals surface area contributed by atoms with Crippen molar-refractivity contribution in [2.75, 3.05) is 36.5 Å². The van der Waals surface area contributed by atoms with E-state index in [0.29, 0.717) is 19.0 Å². The van der Waals surface area contributed by atoms with Crippen LogP contribution in [0.2, 0.25) is 0 Å². The summed E-state index contributed by atoms with van der Waals surface area (Å²) < 4.78 is 11.3. The predicted molar refractivity (Wildman–Crippen MR) is 117 cm³/mol. The van der Waals surface area contributed by atoms with E-state index >= 15 is 0 Å². The van der Waals surface area contributed by atoms with Gasteiger partial charge >= 0.3 is 0 Å². The number of fused-ring (bicyclic) bond motifs is 1. The van der Waals surface area contributed by atoms with Gasteiger partial charge in [0.05, 0.1) is 24.2 Å². The minimum atomic E-state index is 0.0952. The second-order valence-corrected chi connectivity index (χ2v) is 7.89. The molecule has 1 N–H and O–H groups in total. The Balaban J connectivity index is 1.36. The maximum Gasteiger partial charge on any atom is 0.213 e. The molecule has 7 heteroatoms. The first kappa shape index (κ1) is 19.1. The Bertz CT molecular complexity index is 1000. The number of anilines is 2. The average molecular weight is 406 g/mol. The molecule has 7 nitrogen and oxygen atoms in total. The number of nitrogens with one attached hydrogen (secondary N) is 1. The summed E-state index contributed by atoms with van der Waals surface area (Å²) in [6.07, 6.45) is 6.48. The monoisotopic (exact) mass is 405 g/mol. The van der Waals surface area contributed by atoms with Crippen LogP contribution in [0.3, 0.4) is 0 Å². The Morgan fingerprint density at radius 2 is 1.90 bits per heavy atom. The van der Waals surface area contributed by atoms with Crippen LogP contribution in [0.5, 0.6) is 5.88 Å². The van der Waals surface area contributed by atoms with Crippen molar-refractivity contribution in [3.63, 3.8) is 0 Å². The highest BCUT2D eigenvalue weighted by Gasteiger charge is 2.19. The first-order valence-corrected chi connectivity index (χ1v) is 10.8. The zero-order valence-corrected chi connectivity index (χ0v) is 17.1. The fourth-order valence-corrected chi connectivity index (χ4v) is 4.02. The van der Waals surface area contributed by atoms with E-state index in [1.807, 2.05) is 36.4 Å². The van der Waals surface area contributed by atoms with E-state index in [-0.39, 0.29) is 6.10 Å². The first-order chi connectivity index (χ1) is 14.8. The summed E-state index contributed by atoms with van der Waals surface area (Å²) >= 11 is 0. The second-order valence-electron chi connectivity index (χ2n) is 7.89. The molecule has 3 aromatic rings. The number of nitrogens with zero attached hydrogens (tertiary/aromatic N) is 4. The number of para-hydroxylation sites is 2. The van der Waals surface area contributed by atoms with E-state index in [1.54, 1.807) is 6.20 Å². The van der Waals surface area contributed by atoms with E-state index in [4.69, 9.17) is 19.4 Å². The minimum absolute atomic E-state index is 0.0952. The number of pyridine rings is 1. The lowest BCUT2D eigenvalue weighted by Crippen LogP contribution is -2.31. The van der Waals surface area contributed by atoms with Crippen LogP contribution in [0.15, 0.2) is 42.6 Å². The molecule has 2 aliphatic rings. The lowest BCUT2D eigenvalue weighted by molar-refractivity contribution is 0.138. The van der Waals surface area contributed by atoms with Crippen molar-refractivity contribution in [3.8, 4) is 5.88 Å². The SMILES string of the molecule is c1ccc2nc(N3CCCCC3)c(NCc3ccnc(OC4CCOC4)c3)nc2c1. The van der Waals surface area contributed by atoms with Crippen molar-refractivity contribution in [2.45, 2.75) is 38.3 Å². The summed E-state index contributed by atoms with van der Waals surface area (Å²) in [5.74, 6) is 2.42. The van der Waals surface area contributed by atoms with Crippen LogP contribution < -0.4 is 15.0 Å². The van der Waals surface area contributed by atoms with Crippen LogP contribution in [0.1, 0.15) is 31.2 Å². The third-order valence-electron chi connectivity index (χ3n) is 5.64. The number of piperidine rings is 1. The first-order valence-electron chi connectivity index (χ1n) is 10.8. The number of benzene rings is 1. The van der Waals surface area contributed by atoms with E-state index in [0.717, 1.165) is 54.3 Å². The molecule has 0 radical (unpaired) electrons. The molecule has 156 valence electrons. The summed E-state index contributed by atoms with van der Waals surface area (Å²) in [5.41, 5.74) is 2.93. The average Bonchev–Trinajstić information content (AvgIpc) is 3.31. The molecule has 1 aromatic carbocycles. The quantitative estimate of drug-likeness (QED) is 0.669. The third kappa shape index (κ3) is 4.31. The lowest BCUT2D eigenvalue weighted by atomic mass is 10.1. The van der Waals surface area contributed by atoms with Gasteiger partial charge in [0, 0.05) is 38.3 Å². The van der Waals surface area contributed by atoms with Gasteiger partial charge in [-0.1, -0.05) is 12.1 Å². The fourth-order valence-electron chi connectivity index (χ4n) is 4.02. The van der Waals surface area contributed by atoms with Crippen molar-refractivity contribution in [1.29, 1.82) is 0 Å². The Morgan fingerprint density at radius 1 is 1.07 bits per heavy atom. The van der Waals surface area contributed by atoms with Crippen molar-refractivity contribution < 1.29 is 9.47 Å². The molecule has 0 spiro atoms. The minimum Gasteiger partial charge on any atom is -0.472 e. The maximum absolute atomic E-state index is 5.94. The Hall–Kier alpha value is -2.93. The van der Waals surface area contributed by atoms with E-state index < -0.39 is 0 Å². The highest BCUT2D eigenvalue weighted by atomic mass is 16.5. The summed E-state index contributed by atoms with van der Waals surface area (Å²) in [7, 11) is 0. The normalized spacial score (nSPS) is 19.2. The molecule has 0 aliphatic carbocycles. The third-order valence-corrected chi connectivity index (χ3v) is 5.64. The molecule has 0 saturated carbocycles. The summed E-state index contributed by atoms with van der Waals surface area (Å²) in [5, 5.41) is 3.52. The molecule has 2 aromatic heterocycles. The molecule has 0 amide bonds. The van der Waals surface area contributed by atoms with E-state index in [9.17, 15) is 0 Å². The largest absolute Gasteiger partial charge is 0.472 e. The van der Waals surface area contributed by atoms with E-state index in [2.05, 4.69) is 15.2 Å². The van der Waals surface area contributed by atoms with Crippen molar-refractivity contribution in [3.05, 3.63) is 48.2 Å². The highest BCUT2D eigenvalue weighted by molar-refractivity contribution is 5.80. The van der Waals surface area contributed by atoms with Crippen molar-refractivity contribution in [1.82, 2.24) is 15.0 Å². The van der Waals surface area contributed by atoms with Gasteiger partial charge in [-0.05, 0) is 43.0 Å². The van der Waals surface area contributed by atoms with Gasteiger partial charge in [-0.3, -0.25) is 0 Å². The van der Waals surface area contributed by atoms with Gasteiger partial charge in [0.1, 0.15) is 6.10 Å². The predicted octanol–water partition coefficient (Wildman–Crippen LogP) is 3.79. The topological polar surface area (TPSA) is 72.4 Å². The number of rotatable bonds is 6. The van der Waals surface area contributed by atoms with Gasteiger partial charge in [0.25, 0.3) is 0 Å². The summed E-state index contributed by atoms with van der Waals surface area (Å²) in [6.45, 7) is 4.08. The van der Waals surface area contributed by atoms with Crippen LogP contribution >= 0.6 is 0 Å². The van der Waals surface area contributed by atoms with Crippen LogP contribution in [0.25, 0.3) is 11.0 Å². The van der Waals surface area contributed by atoms with Gasteiger partial charge in [-0.2, -0.15) is 0 Å². The molecule has 5 rings (SSSR count). The Kier molecular flexibility index (Phi) is 5.61. The standard InChI is InChI=1S/C23H27N5O2/c1-4-11-28(12-5-1)23-22(26-19-6-2-3-7-20(19)27-23)25-15-17-8-10-24-21(14-17)30-18-9-13-29-16-18/h2-3,6-8,10,14,18H,1,4-5,9,11-13,15-16H2,(H,25,26). The van der Waals surface area contributed by atoms with Gasteiger partial charge in [-0.15, -0.1) is 0 Å². The van der Waals surface area contributed by atoms with Crippen molar-refractivity contribution >= 4 is 22.7 Å². The summed E-state index contributed by atoms with van der Waals surface area (Å²) in [4.78, 5) is 16.5. The molecule has 2 fully saturated rings. The molecule has 1 atom stereocenters.